The van der Waals surface area contributed by atoms with E-state index < -0.39 is 0 Å². The van der Waals surface area contributed by atoms with Crippen LogP contribution in [-0.4, -0.2) is 24.7 Å². The average molecular weight is 257 g/mol. The summed E-state index contributed by atoms with van der Waals surface area (Å²) >= 11 is 0. The van der Waals surface area contributed by atoms with Crippen molar-refractivity contribution >= 4 is 0 Å². The summed E-state index contributed by atoms with van der Waals surface area (Å²) in [5.74, 6) is 1.13. The Kier molecular flexibility index (Phi) is 3.65. The fourth-order valence-electron chi connectivity index (χ4n) is 2.89. The third-order valence-electron chi connectivity index (χ3n) is 4.05. The SMILES string of the molecule is N#Cc1cc2c(nc1OCC1CCNCC1)CCC2. The zero-order valence-electron chi connectivity index (χ0n) is 11.1. The fourth-order valence-corrected chi connectivity index (χ4v) is 2.89. The van der Waals surface area contributed by atoms with Crippen LogP contribution in [0.2, 0.25) is 0 Å². The van der Waals surface area contributed by atoms with E-state index in [1.54, 1.807) is 0 Å². The third-order valence-corrected chi connectivity index (χ3v) is 4.05. The second kappa shape index (κ2) is 5.58. The fraction of sp³-hybridized carbons (Fsp3) is 0.600. The molecule has 0 unspecified atom stereocenters. The molecule has 4 nitrogen and oxygen atoms in total. The Morgan fingerprint density at radius 3 is 3.00 bits per heavy atom. The summed E-state index contributed by atoms with van der Waals surface area (Å²) in [5.41, 5.74) is 2.94. The van der Waals surface area contributed by atoms with E-state index >= 15 is 0 Å². The molecule has 1 aliphatic heterocycles. The third kappa shape index (κ3) is 2.71. The molecule has 0 bridgehead atoms. The first-order valence-electron chi connectivity index (χ1n) is 7.13. The van der Waals surface area contributed by atoms with Gasteiger partial charge in [-0.2, -0.15) is 5.26 Å². The van der Waals surface area contributed by atoms with Crippen molar-refractivity contribution in [3.63, 3.8) is 0 Å². The topological polar surface area (TPSA) is 57.9 Å². The Hall–Kier alpha value is -1.60. The molecule has 0 amide bonds. The van der Waals surface area contributed by atoms with Crippen LogP contribution in [0.5, 0.6) is 5.88 Å². The molecule has 2 aliphatic rings. The van der Waals surface area contributed by atoms with E-state index in [0.717, 1.165) is 50.9 Å². The molecule has 4 heteroatoms. The predicted molar refractivity (Wildman–Crippen MR) is 72.1 cm³/mol. The predicted octanol–water partition coefficient (Wildman–Crippen LogP) is 1.82. The lowest BCUT2D eigenvalue weighted by molar-refractivity contribution is 0.208. The molecule has 0 radical (unpaired) electrons. The second-order valence-electron chi connectivity index (χ2n) is 5.42. The Morgan fingerprint density at radius 2 is 2.21 bits per heavy atom. The maximum atomic E-state index is 9.21. The van der Waals surface area contributed by atoms with Crippen molar-refractivity contribution in [2.45, 2.75) is 32.1 Å². The number of piperidine rings is 1. The summed E-state index contributed by atoms with van der Waals surface area (Å²) in [6.45, 7) is 2.82. The number of nitrogens with one attached hydrogen (secondary N) is 1. The van der Waals surface area contributed by atoms with E-state index in [4.69, 9.17) is 4.74 Å². The van der Waals surface area contributed by atoms with Gasteiger partial charge in [0, 0.05) is 5.69 Å². The summed E-state index contributed by atoms with van der Waals surface area (Å²) in [7, 11) is 0. The molecule has 1 N–H and O–H groups in total. The molecule has 100 valence electrons. The van der Waals surface area contributed by atoms with Crippen LogP contribution in [0.15, 0.2) is 6.07 Å². The molecule has 0 saturated carbocycles. The van der Waals surface area contributed by atoms with Gasteiger partial charge >= 0.3 is 0 Å². The first kappa shape index (κ1) is 12.4. The monoisotopic (exact) mass is 257 g/mol. The number of hydrogen-bond acceptors (Lipinski definition) is 4. The first-order chi connectivity index (χ1) is 9.36. The van der Waals surface area contributed by atoms with Crippen molar-refractivity contribution in [3.8, 4) is 11.9 Å². The van der Waals surface area contributed by atoms with Gasteiger partial charge < -0.3 is 10.1 Å². The van der Waals surface area contributed by atoms with Crippen LogP contribution in [0.3, 0.4) is 0 Å². The number of fused-ring (bicyclic) bond motifs is 1. The quantitative estimate of drug-likeness (QED) is 0.897. The summed E-state index contributed by atoms with van der Waals surface area (Å²) < 4.78 is 5.83. The van der Waals surface area contributed by atoms with Crippen molar-refractivity contribution in [1.29, 1.82) is 5.26 Å². The van der Waals surface area contributed by atoms with Gasteiger partial charge in [0.15, 0.2) is 0 Å². The molecule has 0 aromatic carbocycles. The van der Waals surface area contributed by atoms with Gasteiger partial charge in [-0.1, -0.05) is 0 Å². The molecule has 19 heavy (non-hydrogen) atoms. The molecule has 1 saturated heterocycles. The minimum Gasteiger partial charge on any atom is -0.476 e. The lowest BCUT2D eigenvalue weighted by atomic mass is 9.99. The van der Waals surface area contributed by atoms with E-state index in [-0.39, 0.29) is 0 Å². The Balaban J connectivity index is 1.71. The highest BCUT2D eigenvalue weighted by atomic mass is 16.5. The van der Waals surface area contributed by atoms with Gasteiger partial charge in [0.1, 0.15) is 11.6 Å². The van der Waals surface area contributed by atoms with E-state index in [1.807, 2.05) is 6.07 Å². The Labute approximate surface area is 113 Å². The van der Waals surface area contributed by atoms with Crippen LogP contribution in [0.1, 0.15) is 36.1 Å². The number of rotatable bonds is 3. The lowest BCUT2D eigenvalue weighted by Crippen LogP contribution is -2.30. The molecule has 0 spiro atoms. The van der Waals surface area contributed by atoms with Crippen LogP contribution < -0.4 is 10.1 Å². The summed E-state index contributed by atoms with van der Waals surface area (Å²) in [4.78, 5) is 4.55. The van der Waals surface area contributed by atoms with Gasteiger partial charge in [0.25, 0.3) is 0 Å². The molecule has 1 aromatic rings. The standard InChI is InChI=1S/C15H19N3O/c16-9-13-8-12-2-1-3-14(12)18-15(13)19-10-11-4-6-17-7-5-11/h8,11,17H,1-7,10H2. The molecule has 1 fully saturated rings. The maximum absolute atomic E-state index is 9.21. The molecule has 1 aliphatic carbocycles. The van der Waals surface area contributed by atoms with Gasteiger partial charge in [0.2, 0.25) is 5.88 Å². The number of aromatic nitrogens is 1. The second-order valence-corrected chi connectivity index (χ2v) is 5.42. The highest BCUT2D eigenvalue weighted by Crippen LogP contribution is 2.26. The molecule has 0 atom stereocenters. The summed E-state index contributed by atoms with van der Waals surface area (Å²) in [5, 5.41) is 12.6. The van der Waals surface area contributed by atoms with Crippen molar-refractivity contribution < 1.29 is 4.74 Å². The zero-order valence-corrected chi connectivity index (χ0v) is 11.1. The van der Waals surface area contributed by atoms with E-state index in [2.05, 4.69) is 16.4 Å². The van der Waals surface area contributed by atoms with Crippen molar-refractivity contribution in [3.05, 3.63) is 22.9 Å². The smallest absolute Gasteiger partial charge is 0.231 e. The number of aryl methyl sites for hydroxylation is 2. The zero-order chi connectivity index (χ0) is 13.1. The first-order valence-corrected chi connectivity index (χ1v) is 7.13. The summed E-state index contributed by atoms with van der Waals surface area (Å²) in [6.07, 6.45) is 5.50. The molecule has 3 rings (SSSR count). The normalized spacial score (nSPS) is 18.9. The molecule has 2 heterocycles. The molecular weight excluding hydrogens is 238 g/mol. The number of ether oxygens (including phenoxy) is 1. The van der Waals surface area contributed by atoms with Crippen molar-refractivity contribution in [2.24, 2.45) is 5.92 Å². The van der Waals surface area contributed by atoms with Crippen LogP contribution >= 0.6 is 0 Å². The van der Waals surface area contributed by atoms with Crippen molar-refractivity contribution in [1.82, 2.24) is 10.3 Å². The maximum Gasteiger partial charge on any atom is 0.231 e. The van der Waals surface area contributed by atoms with E-state index in [0.29, 0.717) is 24.0 Å². The highest BCUT2D eigenvalue weighted by molar-refractivity contribution is 5.44. The summed E-state index contributed by atoms with van der Waals surface area (Å²) in [6, 6.07) is 4.18. The lowest BCUT2D eigenvalue weighted by Gasteiger charge is -2.22. The number of hydrogen-bond donors (Lipinski definition) is 1. The number of nitrogens with zero attached hydrogens (tertiary/aromatic N) is 2. The van der Waals surface area contributed by atoms with Crippen LogP contribution in [0.25, 0.3) is 0 Å². The van der Waals surface area contributed by atoms with Crippen molar-refractivity contribution in [2.75, 3.05) is 19.7 Å². The molecular formula is C15H19N3O. The van der Waals surface area contributed by atoms with Crippen LogP contribution in [0.4, 0.5) is 0 Å². The number of pyridine rings is 1. The number of nitriles is 1. The van der Waals surface area contributed by atoms with Gasteiger partial charge in [0.05, 0.1) is 6.61 Å². The van der Waals surface area contributed by atoms with Gasteiger partial charge in [-0.05, 0) is 62.7 Å². The van der Waals surface area contributed by atoms with Gasteiger partial charge in [-0.3, -0.25) is 0 Å². The molecule has 1 aromatic heterocycles. The Morgan fingerprint density at radius 1 is 1.37 bits per heavy atom. The van der Waals surface area contributed by atoms with E-state index in [9.17, 15) is 5.26 Å². The van der Waals surface area contributed by atoms with E-state index in [1.165, 1.54) is 5.56 Å². The average Bonchev–Trinajstić information content (AvgIpc) is 2.92. The minimum atomic E-state index is 0.543. The highest BCUT2D eigenvalue weighted by Gasteiger charge is 2.19. The van der Waals surface area contributed by atoms with Gasteiger partial charge in [-0.25, -0.2) is 4.98 Å². The minimum absolute atomic E-state index is 0.543. The van der Waals surface area contributed by atoms with Crippen LogP contribution in [-0.2, 0) is 12.8 Å². The Bertz CT molecular complexity index is 501. The largest absolute Gasteiger partial charge is 0.476 e. The van der Waals surface area contributed by atoms with Gasteiger partial charge in [-0.15, -0.1) is 0 Å². The van der Waals surface area contributed by atoms with Crippen LogP contribution in [0, 0.1) is 17.2 Å².